The molecule has 10 nitrogen and oxygen atoms in total. The molecule has 0 aliphatic carbocycles. The van der Waals surface area contributed by atoms with Gasteiger partial charge in [0.2, 0.25) is 15.9 Å². The molecule has 0 radical (unpaired) electrons. The predicted molar refractivity (Wildman–Crippen MR) is 123 cm³/mol. The Balaban J connectivity index is 1.48. The summed E-state index contributed by atoms with van der Waals surface area (Å²) in [5.41, 5.74) is -0.794. The zero-order valence-corrected chi connectivity index (χ0v) is 19.8. The van der Waals surface area contributed by atoms with Crippen LogP contribution in [0, 0.1) is 5.82 Å². The van der Waals surface area contributed by atoms with Gasteiger partial charge in [-0.25, -0.2) is 17.6 Å². The predicted octanol–water partition coefficient (Wildman–Crippen LogP) is 1.64. The summed E-state index contributed by atoms with van der Waals surface area (Å²) in [6.07, 6.45) is 0.197. The fraction of sp³-hybridized carbons (Fsp3) is 0.348. The minimum atomic E-state index is -3.77. The molecular formula is C23H25FN4O6S. The van der Waals surface area contributed by atoms with Gasteiger partial charge in [0.25, 0.3) is 5.91 Å². The summed E-state index contributed by atoms with van der Waals surface area (Å²) < 4.78 is 45.6. The number of nitrogens with zero attached hydrogens (tertiary/aromatic N) is 2. The monoisotopic (exact) mass is 504 g/mol. The van der Waals surface area contributed by atoms with Gasteiger partial charge in [-0.2, -0.15) is 4.31 Å². The van der Waals surface area contributed by atoms with Gasteiger partial charge < -0.3 is 15.4 Å². The molecule has 2 heterocycles. The van der Waals surface area contributed by atoms with Crippen LogP contribution in [0.4, 0.5) is 14.9 Å². The van der Waals surface area contributed by atoms with E-state index in [9.17, 15) is 27.2 Å². The average molecular weight is 505 g/mol. The Morgan fingerprint density at radius 3 is 2.49 bits per heavy atom. The van der Waals surface area contributed by atoms with Gasteiger partial charge in [0.05, 0.1) is 18.1 Å². The van der Waals surface area contributed by atoms with E-state index in [0.29, 0.717) is 18.8 Å². The third-order valence-corrected chi connectivity index (χ3v) is 7.97. The van der Waals surface area contributed by atoms with Gasteiger partial charge in [-0.3, -0.25) is 14.5 Å². The Morgan fingerprint density at radius 2 is 1.83 bits per heavy atom. The standard InChI is InChI=1S/C23H25FN4O6S/c1-2-23(16-6-8-17(24)9-7-16)21(30)28(22(31)26-23)15-20(29)25-18-4-3-5-19(14-18)35(32,33)27-10-12-34-13-11-27/h3-9,14H,2,10-13,15H2,1H3,(H,25,29)(H,26,31)/t23-/m1/s1. The van der Waals surface area contributed by atoms with E-state index >= 15 is 0 Å². The normalized spacial score (nSPS) is 21.1. The number of morpholine rings is 1. The molecule has 2 saturated heterocycles. The van der Waals surface area contributed by atoms with Crippen LogP contribution < -0.4 is 10.6 Å². The van der Waals surface area contributed by atoms with Gasteiger partial charge >= 0.3 is 6.03 Å². The topological polar surface area (TPSA) is 125 Å². The molecule has 4 rings (SSSR count). The van der Waals surface area contributed by atoms with Crippen LogP contribution in [0.1, 0.15) is 18.9 Å². The van der Waals surface area contributed by atoms with Crippen LogP contribution >= 0.6 is 0 Å². The maximum absolute atomic E-state index is 13.4. The van der Waals surface area contributed by atoms with Gasteiger partial charge in [-0.15, -0.1) is 0 Å². The number of carbonyl (C=O) groups is 3. The van der Waals surface area contributed by atoms with Gasteiger partial charge in [0, 0.05) is 18.8 Å². The first-order valence-electron chi connectivity index (χ1n) is 11.1. The van der Waals surface area contributed by atoms with Crippen molar-refractivity contribution in [2.75, 3.05) is 38.2 Å². The average Bonchev–Trinajstić information content (AvgIpc) is 3.10. The van der Waals surface area contributed by atoms with Gasteiger partial charge in [0.15, 0.2) is 0 Å². The van der Waals surface area contributed by atoms with Crippen molar-refractivity contribution in [3.05, 3.63) is 59.9 Å². The van der Waals surface area contributed by atoms with Crippen molar-refractivity contribution < 1.29 is 31.9 Å². The lowest BCUT2D eigenvalue weighted by molar-refractivity contribution is -0.134. The second-order valence-corrected chi connectivity index (χ2v) is 10.1. The smallest absolute Gasteiger partial charge is 0.325 e. The molecule has 2 aliphatic heterocycles. The Kier molecular flexibility index (Phi) is 6.88. The van der Waals surface area contributed by atoms with E-state index in [0.717, 1.165) is 4.90 Å². The maximum Gasteiger partial charge on any atom is 0.325 e. The quantitative estimate of drug-likeness (QED) is 0.553. The maximum atomic E-state index is 13.4. The Morgan fingerprint density at radius 1 is 1.14 bits per heavy atom. The van der Waals surface area contributed by atoms with E-state index in [1.165, 1.54) is 52.8 Å². The van der Waals surface area contributed by atoms with Crippen LogP contribution in [0.3, 0.4) is 0 Å². The highest BCUT2D eigenvalue weighted by Gasteiger charge is 2.51. The van der Waals surface area contributed by atoms with Gasteiger partial charge in [0.1, 0.15) is 17.9 Å². The third kappa shape index (κ3) is 4.77. The molecule has 2 fully saturated rings. The highest BCUT2D eigenvalue weighted by molar-refractivity contribution is 7.89. The largest absolute Gasteiger partial charge is 0.379 e. The van der Waals surface area contributed by atoms with E-state index < -0.39 is 45.8 Å². The van der Waals surface area contributed by atoms with Crippen LogP contribution in [-0.4, -0.2) is 68.3 Å². The zero-order valence-electron chi connectivity index (χ0n) is 19.0. The molecule has 186 valence electrons. The van der Waals surface area contributed by atoms with E-state index in [2.05, 4.69) is 10.6 Å². The van der Waals surface area contributed by atoms with E-state index in [1.54, 1.807) is 6.92 Å². The Bertz CT molecular complexity index is 1250. The van der Waals surface area contributed by atoms with Gasteiger partial charge in [-0.1, -0.05) is 25.1 Å². The van der Waals surface area contributed by atoms with Crippen molar-refractivity contribution in [2.24, 2.45) is 0 Å². The SMILES string of the molecule is CC[C@]1(c2ccc(F)cc2)NC(=O)N(CC(=O)Nc2cccc(S(=O)(=O)N3CCOCC3)c2)C1=O. The first-order chi connectivity index (χ1) is 16.7. The molecule has 0 bridgehead atoms. The molecule has 35 heavy (non-hydrogen) atoms. The summed E-state index contributed by atoms with van der Waals surface area (Å²) in [4.78, 5) is 39.3. The van der Waals surface area contributed by atoms with Crippen molar-refractivity contribution in [3.8, 4) is 0 Å². The van der Waals surface area contributed by atoms with Crippen molar-refractivity contribution in [2.45, 2.75) is 23.8 Å². The molecule has 1 atom stereocenters. The summed E-state index contributed by atoms with van der Waals surface area (Å²) in [6.45, 7) is 2.20. The number of anilines is 1. The summed E-state index contributed by atoms with van der Waals surface area (Å²) >= 11 is 0. The zero-order chi connectivity index (χ0) is 25.2. The highest BCUT2D eigenvalue weighted by Crippen LogP contribution is 2.32. The number of urea groups is 1. The molecule has 2 aromatic carbocycles. The molecule has 0 spiro atoms. The summed E-state index contributed by atoms with van der Waals surface area (Å²) in [6, 6.07) is 10.2. The van der Waals surface area contributed by atoms with Crippen LogP contribution in [0.15, 0.2) is 53.4 Å². The number of nitrogens with one attached hydrogen (secondary N) is 2. The number of halogens is 1. The number of amides is 4. The van der Waals surface area contributed by atoms with Crippen LogP contribution in [0.2, 0.25) is 0 Å². The second kappa shape index (κ2) is 9.72. The number of hydrogen-bond acceptors (Lipinski definition) is 6. The van der Waals surface area contributed by atoms with Crippen molar-refractivity contribution >= 4 is 33.6 Å². The number of carbonyl (C=O) groups excluding carboxylic acids is 3. The first-order valence-corrected chi connectivity index (χ1v) is 12.5. The molecular weight excluding hydrogens is 479 g/mol. The van der Waals surface area contributed by atoms with Crippen molar-refractivity contribution in [1.29, 1.82) is 0 Å². The van der Waals surface area contributed by atoms with E-state index in [-0.39, 0.29) is 30.1 Å². The second-order valence-electron chi connectivity index (χ2n) is 8.18. The fourth-order valence-electron chi connectivity index (χ4n) is 4.16. The van der Waals surface area contributed by atoms with Crippen LogP contribution in [0.5, 0.6) is 0 Å². The number of benzene rings is 2. The summed E-state index contributed by atoms with van der Waals surface area (Å²) in [5.74, 6) is -1.79. The Labute approximate surface area is 202 Å². The number of rotatable bonds is 7. The molecule has 0 unspecified atom stereocenters. The van der Waals surface area contributed by atoms with Crippen LogP contribution in [0.25, 0.3) is 0 Å². The summed E-state index contributed by atoms with van der Waals surface area (Å²) in [7, 11) is -3.77. The van der Waals surface area contributed by atoms with Crippen LogP contribution in [-0.2, 0) is 29.9 Å². The van der Waals surface area contributed by atoms with E-state index in [4.69, 9.17) is 4.74 Å². The molecule has 12 heteroatoms. The molecule has 2 N–H and O–H groups in total. The lowest BCUT2D eigenvalue weighted by Crippen LogP contribution is -2.44. The molecule has 0 saturated carbocycles. The van der Waals surface area contributed by atoms with Gasteiger partial charge in [-0.05, 0) is 42.3 Å². The Hall–Kier alpha value is -3.35. The lowest BCUT2D eigenvalue weighted by atomic mass is 9.87. The molecule has 2 aliphatic rings. The van der Waals surface area contributed by atoms with Crippen molar-refractivity contribution in [3.63, 3.8) is 0 Å². The molecule has 4 amide bonds. The number of hydrogen-bond donors (Lipinski definition) is 2. The minimum Gasteiger partial charge on any atom is -0.379 e. The minimum absolute atomic E-state index is 0.00787. The summed E-state index contributed by atoms with van der Waals surface area (Å²) in [5, 5.41) is 5.18. The number of sulfonamides is 1. The molecule has 2 aromatic rings. The number of imide groups is 1. The lowest BCUT2D eigenvalue weighted by Gasteiger charge is -2.26. The molecule has 0 aromatic heterocycles. The fourth-order valence-corrected chi connectivity index (χ4v) is 5.61. The highest BCUT2D eigenvalue weighted by atomic mass is 32.2. The third-order valence-electron chi connectivity index (χ3n) is 6.07. The van der Waals surface area contributed by atoms with Crippen molar-refractivity contribution in [1.82, 2.24) is 14.5 Å². The van der Waals surface area contributed by atoms with E-state index in [1.807, 2.05) is 0 Å². The first kappa shape index (κ1) is 24.8. The number of ether oxygens (including phenoxy) is 1.